The minimum Gasteiger partial charge on any atom is -0.379 e. The monoisotopic (exact) mass is 368 g/mol. The molecule has 0 aliphatic carbocycles. The summed E-state index contributed by atoms with van der Waals surface area (Å²) in [7, 11) is 0. The summed E-state index contributed by atoms with van der Waals surface area (Å²) < 4.78 is 5.46. The second-order valence-electron chi connectivity index (χ2n) is 7.54. The lowest BCUT2D eigenvalue weighted by molar-refractivity contribution is -0.124. The van der Waals surface area contributed by atoms with Gasteiger partial charge in [-0.15, -0.1) is 0 Å². The zero-order chi connectivity index (χ0) is 19.3. The molecule has 3 rings (SSSR count). The van der Waals surface area contributed by atoms with E-state index in [9.17, 15) is 4.79 Å². The summed E-state index contributed by atoms with van der Waals surface area (Å²) in [6.07, 6.45) is 6.19. The Bertz CT molecular complexity index is 771. The summed E-state index contributed by atoms with van der Waals surface area (Å²) in [5.74, 6) is 0.592. The first-order valence-corrected chi connectivity index (χ1v) is 9.50. The van der Waals surface area contributed by atoms with E-state index in [1.807, 2.05) is 45.2 Å². The van der Waals surface area contributed by atoms with Gasteiger partial charge in [-0.3, -0.25) is 14.7 Å². The molecule has 6 nitrogen and oxygen atoms in total. The molecule has 144 valence electrons. The number of nitrogens with zero attached hydrogens (tertiary/aromatic N) is 3. The maximum Gasteiger partial charge on any atom is 0.231 e. The summed E-state index contributed by atoms with van der Waals surface area (Å²) in [4.78, 5) is 23.5. The van der Waals surface area contributed by atoms with Crippen molar-refractivity contribution in [2.75, 3.05) is 31.6 Å². The average Bonchev–Trinajstić information content (AvgIpc) is 2.69. The van der Waals surface area contributed by atoms with E-state index in [0.29, 0.717) is 5.82 Å². The number of ether oxygens (including phenoxy) is 1. The highest BCUT2D eigenvalue weighted by atomic mass is 16.5. The number of anilines is 1. The molecular weight excluding hydrogens is 340 g/mol. The van der Waals surface area contributed by atoms with Crippen LogP contribution >= 0.6 is 0 Å². The van der Waals surface area contributed by atoms with Crippen molar-refractivity contribution in [2.24, 2.45) is 5.41 Å². The van der Waals surface area contributed by atoms with Crippen LogP contribution in [0.15, 0.2) is 36.8 Å². The Morgan fingerprint density at radius 2 is 1.96 bits per heavy atom. The average molecular weight is 368 g/mol. The van der Waals surface area contributed by atoms with Crippen LogP contribution in [0.5, 0.6) is 0 Å². The molecule has 1 aliphatic heterocycles. The van der Waals surface area contributed by atoms with Gasteiger partial charge in [-0.1, -0.05) is 20.8 Å². The van der Waals surface area contributed by atoms with Crippen molar-refractivity contribution in [1.29, 1.82) is 0 Å². The summed E-state index contributed by atoms with van der Waals surface area (Å²) >= 11 is 0. The molecule has 1 saturated heterocycles. The first-order chi connectivity index (χ1) is 13.0. The van der Waals surface area contributed by atoms with Crippen LogP contribution in [0, 0.1) is 5.41 Å². The van der Waals surface area contributed by atoms with Crippen molar-refractivity contribution in [3.8, 4) is 11.1 Å². The van der Waals surface area contributed by atoms with E-state index in [-0.39, 0.29) is 5.91 Å². The quantitative estimate of drug-likeness (QED) is 0.847. The molecule has 2 aromatic heterocycles. The van der Waals surface area contributed by atoms with Gasteiger partial charge in [-0.2, -0.15) is 0 Å². The Morgan fingerprint density at radius 1 is 1.26 bits per heavy atom. The fourth-order valence-electron chi connectivity index (χ4n) is 2.93. The van der Waals surface area contributed by atoms with Gasteiger partial charge in [0.25, 0.3) is 0 Å². The zero-order valence-corrected chi connectivity index (χ0v) is 16.4. The normalized spacial score (nSPS) is 15.5. The number of rotatable bonds is 6. The molecule has 3 heterocycles. The Kier molecular flexibility index (Phi) is 6.19. The summed E-state index contributed by atoms with van der Waals surface area (Å²) in [5, 5.41) is 2.98. The molecule has 0 spiro atoms. The molecule has 6 heteroatoms. The van der Waals surface area contributed by atoms with Crippen LogP contribution in [0.3, 0.4) is 0 Å². The molecule has 1 N–H and O–H groups in total. The molecule has 0 radical (unpaired) electrons. The maximum atomic E-state index is 12.5. The van der Waals surface area contributed by atoms with Crippen LogP contribution in [-0.4, -0.2) is 47.1 Å². The van der Waals surface area contributed by atoms with Gasteiger partial charge in [0.2, 0.25) is 5.91 Å². The van der Waals surface area contributed by atoms with Crippen molar-refractivity contribution in [2.45, 2.75) is 33.7 Å². The Hall–Kier alpha value is -2.31. The number of carbonyl (C=O) groups is 1. The highest BCUT2D eigenvalue weighted by Crippen LogP contribution is 2.27. The predicted molar refractivity (Wildman–Crippen MR) is 106 cm³/mol. The van der Waals surface area contributed by atoms with E-state index in [1.54, 1.807) is 12.4 Å². The minimum atomic E-state index is -0.421. The third-order valence-electron chi connectivity index (χ3n) is 5.22. The van der Waals surface area contributed by atoms with Gasteiger partial charge in [0.1, 0.15) is 5.82 Å². The maximum absolute atomic E-state index is 12.5. The number of carbonyl (C=O) groups excluding carboxylic acids is 1. The molecule has 1 amide bonds. The van der Waals surface area contributed by atoms with E-state index in [1.165, 1.54) is 0 Å². The van der Waals surface area contributed by atoms with Crippen LogP contribution in [0.2, 0.25) is 0 Å². The summed E-state index contributed by atoms with van der Waals surface area (Å²) in [5.41, 5.74) is 2.86. The van der Waals surface area contributed by atoms with Crippen LogP contribution in [0.1, 0.15) is 32.8 Å². The number of aromatic nitrogens is 2. The molecule has 0 bridgehead atoms. The van der Waals surface area contributed by atoms with Gasteiger partial charge in [-0.25, -0.2) is 4.98 Å². The largest absolute Gasteiger partial charge is 0.379 e. The van der Waals surface area contributed by atoms with E-state index in [0.717, 1.165) is 56.0 Å². The molecule has 0 saturated carbocycles. The number of nitrogens with one attached hydrogen (secondary N) is 1. The van der Waals surface area contributed by atoms with Crippen LogP contribution in [0.25, 0.3) is 11.1 Å². The fraction of sp³-hybridized carbons (Fsp3) is 0.476. The number of morpholine rings is 1. The van der Waals surface area contributed by atoms with Crippen LogP contribution in [-0.2, 0) is 16.1 Å². The lowest BCUT2D eigenvalue weighted by Crippen LogP contribution is -2.35. The van der Waals surface area contributed by atoms with E-state index < -0.39 is 5.41 Å². The van der Waals surface area contributed by atoms with Crippen molar-refractivity contribution in [1.82, 2.24) is 14.9 Å². The number of pyridine rings is 2. The molecule has 1 aliphatic rings. The summed E-state index contributed by atoms with van der Waals surface area (Å²) in [6.45, 7) is 10.0. The first kappa shape index (κ1) is 19.5. The van der Waals surface area contributed by atoms with Gasteiger partial charge in [0, 0.05) is 49.2 Å². The predicted octanol–water partition coefficient (Wildman–Crippen LogP) is 3.35. The molecule has 1 fully saturated rings. The number of hydrogen-bond acceptors (Lipinski definition) is 5. The van der Waals surface area contributed by atoms with Gasteiger partial charge in [0.05, 0.1) is 13.2 Å². The zero-order valence-electron chi connectivity index (χ0n) is 16.4. The molecule has 27 heavy (non-hydrogen) atoms. The van der Waals surface area contributed by atoms with Crippen LogP contribution < -0.4 is 5.32 Å². The highest BCUT2D eigenvalue weighted by Gasteiger charge is 2.26. The van der Waals surface area contributed by atoms with Gasteiger partial charge >= 0.3 is 0 Å². The van der Waals surface area contributed by atoms with Crippen molar-refractivity contribution in [3.05, 3.63) is 42.4 Å². The first-order valence-electron chi connectivity index (χ1n) is 9.50. The smallest absolute Gasteiger partial charge is 0.231 e. The van der Waals surface area contributed by atoms with Gasteiger partial charge in [0.15, 0.2) is 0 Å². The second-order valence-corrected chi connectivity index (χ2v) is 7.54. The van der Waals surface area contributed by atoms with Gasteiger partial charge in [-0.05, 0) is 35.7 Å². The van der Waals surface area contributed by atoms with E-state index in [2.05, 4.69) is 20.2 Å². The van der Waals surface area contributed by atoms with E-state index >= 15 is 0 Å². The van der Waals surface area contributed by atoms with E-state index in [4.69, 9.17) is 4.74 Å². The Morgan fingerprint density at radius 3 is 2.63 bits per heavy atom. The Balaban J connectivity index is 1.89. The van der Waals surface area contributed by atoms with Crippen molar-refractivity contribution >= 4 is 11.7 Å². The Labute approximate surface area is 161 Å². The number of amides is 1. The fourth-order valence-corrected chi connectivity index (χ4v) is 2.93. The van der Waals surface area contributed by atoms with Crippen molar-refractivity contribution in [3.63, 3.8) is 0 Å². The topological polar surface area (TPSA) is 67.4 Å². The van der Waals surface area contributed by atoms with Gasteiger partial charge < -0.3 is 10.1 Å². The molecular formula is C21H28N4O2. The third-order valence-corrected chi connectivity index (χ3v) is 5.22. The lowest BCUT2D eigenvalue weighted by atomic mass is 9.89. The number of hydrogen-bond donors (Lipinski definition) is 1. The lowest BCUT2D eigenvalue weighted by Gasteiger charge is -2.27. The second kappa shape index (κ2) is 8.59. The molecule has 2 aromatic rings. The minimum absolute atomic E-state index is 0.00789. The molecule has 0 atom stereocenters. The van der Waals surface area contributed by atoms with Crippen molar-refractivity contribution < 1.29 is 9.53 Å². The molecule has 0 aromatic carbocycles. The highest BCUT2D eigenvalue weighted by molar-refractivity contribution is 5.94. The SMILES string of the molecule is CCC(C)(C)C(=O)Nc1cc(CN2CCOCC2)c(-c2ccncc2)cn1. The summed E-state index contributed by atoms with van der Waals surface area (Å²) in [6, 6.07) is 5.96. The standard InChI is InChI=1S/C21H28N4O2/c1-4-21(2,3)20(26)24-19-13-17(15-25-9-11-27-12-10-25)18(14-23-19)16-5-7-22-8-6-16/h5-8,13-14H,4,9-12,15H2,1-3H3,(H,23,24,26). The van der Waals surface area contributed by atoms with Crippen LogP contribution in [0.4, 0.5) is 5.82 Å². The third kappa shape index (κ3) is 4.90. The molecule has 0 unspecified atom stereocenters.